The van der Waals surface area contributed by atoms with Gasteiger partial charge in [0.05, 0.1) is 13.7 Å². The number of rotatable bonds is 7. The lowest BCUT2D eigenvalue weighted by Gasteiger charge is -2.21. The molecule has 0 unspecified atom stereocenters. The quantitative estimate of drug-likeness (QED) is 0.787. The minimum Gasteiger partial charge on any atom is -0.494 e. The van der Waals surface area contributed by atoms with E-state index < -0.39 is 11.6 Å². The Morgan fingerprint density at radius 2 is 2.14 bits per heavy atom. The Balaban J connectivity index is 2.07. The average molecular weight is 295 g/mol. The van der Waals surface area contributed by atoms with Crippen LogP contribution in [0.25, 0.3) is 0 Å². The van der Waals surface area contributed by atoms with Crippen molar-refractivity contribution in [3.63, 3.8) is 0 Å². The zero-order valence-electron chi connectivity index (χ0n) is 12.2. The van der Waals surface area contributed by atoms with Gasteiger partial charge in [-0.25, -0.2) is 8.78 Å². The Morgan fingerprint density at radius 1 is 1.33 bits per heavy atom. The zero-order valence-corrected chi connectivity index (χ0v) is 12.2. The highest BCUT2D eigenvalue weighted by atomic mass is 19.1. The summed E-state index contributed by atoms with van der Waals surface area (Å²) in [7, 11) is 1.37. The molecular weight excluding hydrogens is 276 g/mol. The van der Waals surface area contributed by atoms with Gasteiger partial charge >= 0.3 is 0 Å². The molecule has 1 heterocycles. The number of benzene rings is 1. The lowest BCUT2D eigenvalue weighted by atomic mass is 10.1. The molecule has 0 spiro atoms. The first-order valence-electron chi connectivity index (χ1n) is 6.86. The van der Waals surface area contributed by atoms with E-state index >= 15 is 0 Å². The number of hydrogen-bond donors (Lipinski definition) is 0. The summed E-state index contributed by atoms with van der Waals surface area (Å²) in [6.07, 6.45) is 3.57. The van der Waals surface area contributed by atoms with E-state index in [1.807, 2.05) is 24.1 Å². The number of likely N-dealkylation sites (N-methyl/N-ethyl adjacent to an activating group) is 1. The number of ether oxygens (including phenoxy) is 1. The van der Waals surface area contributed by atoms with Crippen LogP contribution in [0.2, 0.25) is 0 Å². The summed E-state index contributed by atoms with van der Waals surface area (Å²) in [6.45, 7) is 4.19. The first kappa shape index (κ1) is 15.4. The predicted molar refractivity (Wildman–Crippen MR) is 76.1 cm³/mol. The molecule has 0 bridgehead atoms. The molecule has 6 heteroatoms. The van der Waals surface area contributed by atoms with Gasteiger partial charge in [-0.05, 0) is 24.7 Å². The minimum absolute atomic E-state index is 0.0386. The molecule has 114 valence electrons. The molecule has 4 nitrogen and oxygen atoms in total. The van der Waals surface area contributed by atoms with Gasteiger partial charge in [-0.1, -0.05) is 6.92 Å². The summed E-state index contributed by atoms with van der Waals surface area (Å²) in [5.74, 6) is -1.12. The maximum Gasteiger partial charge on any atom is 0.172 e. The second-order valence-corrected chi connectivity index (χ2v) is 4.68. The maximum absolute atomic E-state index is 14.1. The van der Waals surface area contributed by atoms with Gasteiger partial charge in [0, 0.05) is 31.0 Å². The first-order chi connectivity index (χ1) is 10.2. The zero-order chi connectivity index (χ0) is 15.2. The van der Waals surface area contributed by atoms with Crippen molar-refractivity contribution in [3.05, 3.63) is 47.8 Å². The Labute approximate surface area is 122 Å². The van der Waals surface area contributed by atoms with Gasteiger partial charge in [0.2, 0.25) is 0 Å². The molecule has 2 aromatic rings. The highest BCUT2D eigenvalue weighted by Crippen LogP contribution is 2.24. The molecule has 0 aliphatic heterocycles. The third-order valence-corrected chi connectivity index (χ3v) is 3.40. The second kappa shape index (κ2) is 7.17. The fraction of sp³-hybridized carbons (Fsp3) is 0.400. The van der Waals surface area contributed by atoms with E-state index in [-0.39, 0.29) is 17.9 Å². The molecule has 0 aliphatic carbocycles. The summed E-state index contributed by atoms with van der Waals surface area (Å²) in [5.41, 5.74) is 0.0386. The Morgan fingerprint density at radius 3 is 2.76 bits per heavy atom. The molecule has 0 N–H and O–H groups in total. The molecule has 0 amide bonds. The van der Waals surface area contributed by atoms with Crippen LogP contribution in [0, 0.1) is 11.6 Å². The van der Waals surface area contributed by atoms with Gasteiger partial charge in [-0.2, -0.15) is 5.10 Å². The van der Waals surface area contributed by atoms with Crippen molar-refractivity contribution in [2.24, 2.45) is 0 Å². The van der Waals surface area contributed by atoms with Crippen LogP contribution in [-0.4, -0.2) is 34.9 Å². The molecule has 2 rings (SSSR count). The predicted octanol–water partition coefficient (Wildman–Crippen LogP) is 2.69. The summed E-state index contributed by atoms with van der Waals surface area (Å²) >= 11 is 0. The summed E-state index contributed by atoms with van der Waals surface area (Å²) in [6, 6.07) is 4.38. The highest BCUT2D eigenvalue weighted by molar-refractivity contribution is 5.32. The van der Waals surface area contributed by atoms with Gasteiger partial charge in [0.15, 0.2) is 11.6 Å². The molecule has 21 heavy (non-hydrogen) atoms. The van der Waals surface area contributed by atoms with Crippen molar-refractivity contribution in [2.45, 2.75) is 20.0 Å². The third-order valence-electron chi connectivity index (χ3n) is 3.40. The van der Waals surface area contributed by atoms with Crippen molar-refractivity contribution in [1.29, 1.82) is 0 Å². The van der Waals surface area contributed by atoms with Crippen LogP contribution < -0.4 is 4.74 Å². The van der Waals surface area contributed by atoms with Crippen LogP contribution in [0.4, 0.5) is 8.78 Å². The number of aromatic nitrogens is 2. The number of nitrogens with zero attached hydrogens (tertiary/aromatic N) is 3. The molecule has 1 aromatic heterocycles. The monoisotopic (exact) mass is 295 g/mol. The van der Waals surface area contributed by atoms with Gasteiger partial charge in [-0.15, -0.1) is 0 Å². The molecule has 0 radical (unpaired) electrons. The van der Waals surface area contributed by atoms with E-state index in [4.69, 9.17) is 4.74 Å². The van der Waals surface area contributed by atoms with Crippen LogP contribution in [0.15, 0.2) is 30.6 Å². The van der Waals surface area contributed by atoms with Crippen LogP contribution in [0.1, 0.15) is 12.5 Å². The van der Waals surface area contributed by atoms with E-state index in [2.05, 4.69) is 5.10 Å². The van der Waals surface area contributed by atoms with Crippen LogP contribution >= 0.6 is 0 Å². The van der Waals surface area contributed by atoms with Crippen LogP contribution in [0.3, 0.4) is 0 Å². The SMILES string of the molecule is CCN(CCn1cccn1)Cc1c(F)ccc(OC)c1F. The lowest BCUT2D eigenvalue weighted by Crippen LogP contribution is -2.28. The molecule has 0 aliphatic rings. The van der Waals surface area contributed by atoms with E-state index in [1.165, 1.54) is 19.2 Å². The topological polar surface area (TPSA) is 30.3 Å². The van der Waals surface area contributed by atoms with Crippen LogP contribution in [-0.2, 0) is 13.1 Å². The second-order valence-electron chi connectivity index (χ2n) is 4.68. The highest BCUT2D eigenvalue weighted by Gasteiger charge is 2.16. The van der Waals surface area contributed by atoms with E-state index in [1.54, 1.807) is 10.9 Å². The fourth-order valence-corrected chi connectivity index (χ4v) is 2.13. The van der Waals surface area contributed by atoms with E-state index in [9.17, 15) is 8.78 Å². The van der Waals surface area contributed by atoms with Crippen molar-refractivity contribution < 1.29 is 13.5 Å². The summed E-state index contributed by atoms with van der Waals surface area (Å²) < 4.78 is 34.7. The number of methoxy groups -OCH3 is 1. The van der Waals surface area contributed by atoms with E-state index in [0.29, 0.717) is 19.6 Å². The lowest BCUT2D eigenvalue weighted by molar-refractivity contribution is 0.254. The van der Waals surface area contributed by atoms with Gasteiger partial charge in [-0.3, -0.25) is 9.58 Å². The minimum atomic E-state index is -0.630. The van der Waals surface area contributed by atoms with Gasteiger partial charge < -0.3 is 4.74 Å². The van der Waals surface area contributed by atoms with E-state index in [0.717, 1.165) is 0 Å². The molecule has 0 saturated carbocycles. The smallest absolute Gasteiger partial charge is 0.172 e. The van der Waals surface area contributed by atoms with Crippen molar-refractivity contribution in [2.75, 3.05) is 20.2 Å². The first-order valence-corrected chi connectivity index (χ1v) is 6.86. The van der Waals surface area contributed by atoms with Gasteiger partial charge in [0.1, 0.15) is 5.82 Å². The average Bonchev–Trinajstić information content (AvgIpc) is 3.00. The third kappa shape index (κ3) is 3.78. The Kier molecular flexibility index (Phi) is 5.27. The normalized spacial score (nSPS) is 11.1. The Hall–Kier alpha value is -1.95. The molecule has 0 saturated heterocycles. The van der Waals surface area contributed by atoms with Crippen molar-refractivity contribution >= 4 is 0 Å². The molecule has 0 atom stereocenters. The van der Waals surface area contributed by atoms with Gasteiger partial charge in [0.25, 0.3) is 0 Å². The standard InChI is InChI=1S/C15H19F2N3O/c1-3-19(9-10-20-8-4-7-18-20)11-12-13(16)5-6-14(21-2)15(12)17/h4-8H,3,9-11H2,1-2H3. The molecule has 1 aromatic carbocycles. The number of hydrogen-bond acceptors (Lipinski definition) is 3. The Bertz CT molecular complexity index is 573. The summed E-state index contributed by atoms with van der Waals surface area (Å²) in [4.78, 5) is 1.96. The van der Waals surface area contributed by atoms with Crippen molar-refractivity contribution in [3.8, 4) is 5.75 Å². The molecule has 0 fully saturated rings. The molecular formula is C15H19F2N3O. The largest absolute Gasteiger partial charge is 0.494 e. The van der Waals surface area contributed by atoms with Crippen molar-refractivity contribution in [1.82, 2.24) is 14.7 Å². The fourth-order valence-electron chi connectivity index (χ4n) is 2.13. The summed E-state index contributed by atoms with van der Waals surface area (Å²) in [5, 5.41) is 4.11. The number of halogens is 2. The maximum atomic E-state index is 14.1. The van der Waals surface area contributed by atoms with Crippen LogP contribution in [0.5, 0.6) is 5.75 Å².